The first-order valence-electron chi connectivity index (χ1n) is 3.83. The lowest BCUT2D eigenvalue weighted by atomic mass is 9.93. The van der Waals surface area contributed by atoms with Crippen LogP contribution in [0.25, 0.3) is 0 Å². The van der Waals surface area contributed by atoms with Crippen LogP contribution >= 0.6 is 11.6 Å². The molecular formula is C9H9ClFNO2. The Morgan fingerprint density at radius 2 is 2.14 bits per heavy atom. The molecule has 1 aromatic carbocycles. The SMILES string of the molecule is C[C@](N)(C(=O)O)c1cc(F)cc(Cl)c1. The third-order valence-corrected chi connectivity index (χ3v) is 2.12. The molecule has 0 fully saturated rings. The highest BCUT2D eigenvalue weighted by Crippen LogP contribution is 2.23. The molecule has 0 bridgehead atoms. The predicted molar refractivity (Wildman–Crippen MR) is 50.6 cm³/mol. The zero-order chi connectivity index (χ0) is 10.9. The van der Waals surface area contributed by atoms with Gasteiger partial charge in [0.1, 0.15) is 11.4 Å². The van der Waals surface area contributed by atoms with E-state index in [-0.39, 0.29) is 10.6 Å². The second-order valence-corrected chi connectivity index (χ2v) is 3.60. The molecule has 0 aliphatic rings. The van der Waals surface area contributed by atoms with E-state index in [4.69, 9.17) is 22.4 Å². The quantitative estimate of drug-likeness (QED) is 0.793. The lowest BCUT2D eigenvalue weighted by Gasteiger charge is -2.19. The normalized spacial score (nSPS) is 14.9. The van der Waals surface area contributed by atoms with E-state index in [1.54, 1.807) is 0 Å². The summed E-state index contributed by atoms with van der Waals surface area (Å²) in [5.41, 5.74) is 3.99. The van der Waals surface area contributed by atoms with E-state index in [1.807, 2.05) is 0 Å². The summed E-state index contributed by atoms with van der Waals surface area (Å²) in [4.78, 5) is 10.8. The second kappa shape index (κ2) is 3.55. The van der Waals surface area contributed by atoms with Gasteiger partial charge in [0.25, 0.3) is 0 Å². The lowest BCUT2D eigenvalue weighted by molar-refractivity contribution is -0.143. The Morgan fingerprint density at radius 3 is 2.57 bits per heavy atom. The van der Waals surface area contributed by atoms with Crippen LogP contribution in [0.1, 0.15) is 12.5 Å². The minimum atomic E-state index is -1.63. The topological polar surface area (TPSA) is 63.3 Å². The Kier molecular flexibility index (Phi) is 2.78. The van der Waals surface area contributed by atoms with E-state index in [0.29, 0.717) is 0 Å². The number of hydrogen-bond donors (Lipinski definition) is 2. The van der Waals surface area contributed by atoms with Crippen LogP contribution in [-0.2, 0) is 10.3 Å². The van der Waals surface area contributed by atoms with Gasteiger partial charge < -0.3 is 10.8 Å². The highest BCUT2D eigenvalue weighted by molar-refractivity contribution is 6.30. The average molecular weight is 218 g/mol. The fraction of sp³-hybridized carbons (Fsp3) is 0.222. The monoisotopic (exact) mass is 217 g/mol. The molecule has 76 valence electrons. The van der Waals surface area contributed by atoms with Crippen LogP contribution in [0.2, 0.25) is 5.02 Å². The molecule has 0 saturated carbocycles. The summed E-state index contributed by atoms with van der Waals surface area (Å²) in [6, 6.07) is 3.47. The largest absolute Gasteiger partial charge is 0.480 e. The first-order chi connectivity index (χ1) is 6.34. The van der Waals surface area contributed by atoms with Crippen molar-refractivity contribution in [3.8, 4) is 0 Å². The van der Waals surface area contributed by atoms with E-state index in [2.05, 4.69) is 0 Å². The van der Waals surface area contributed by atoms with Gasteiger partial charge in [0.15, 0.2) is 0 Å². The number of nitrogens with two attached hydrogens (primary N) is 1. The third-order valence-electron chi connectivity index (χ3n) is 1.91. The van der Waals surface area contributed by atoms with Crippen LogP contribution in [0.3, 0.4) is 0 Å². The van der Waals surface area contributed by atoms with Crippen molar-refractivity contribution in [2.75, 3.05) is 0 Å². The summed E-state index contributed by atoms with van der Waals surface area (Å²) < 4.78 is 12.9. The van der Waals surface area contributed by atoms with Gasteiger partial charge in [-0.1, -0.05) is 11.6 Å². The van der Waals surface area contributed by atoms with E-state index >= 15 is 0 Å². The maximum absolute atomic E-state index is 12.9. The first kappa shape index (κ1) is 10.9. The van der Waals surface area contributed by atoms with Crippen molar-refractivity contribution >= 4 is 17.6 Å². The van der Waals surface area contributed by atoms with Gasteiger partial charge in [-0.3, -0.25) is 0 Å². The van der Waals surface area contributed by atoms with E-state index in [0.717, 1.165) is 12.1 Å². The Labute approximate surface area is 85.3 Å². The second-order valence-electron chi connectivity index (χ2n) is 3.17. The molecule has 5 heteroatoms. The molecule has 0 amide bonds. The number of benzene rings is 1. The van der Waals surface area contributed by atoms with Crippen LogP contribution in [-0.4, -0.2) is 11.1 Å². The van der Waals surface area contributed by atoms with Gasteiger partial charge in [-0.15, -0.1) is 0 Å². The van der Waals surface area contributed by atoms with Crippen LogP contribution in [0.4, 0.5) is 4.39 Å². The van der Waals surface area contributed by atoms with Crippen molar-refractivity contribution in [2.45, 2.75) is 12.5 Å². The molecule has 0 spiro atoms. The van der Waals surface area contributed by atoms with Gasteiger partial charge >= 0.3 is 5.97 Å². The molecule has 0 saturated heterocycles. The number of rotatable bonds is 2. The Morgan fingerprint density at radius 1 is 1.57 bits per heavy atom. The summed E-state index contributed by atoms with van der Waals surface area (Å²) in [6.45, 7) is 1.28. The van der Waals surface area contributed by atoms with Gasteiger partial charge in [0.05, 0.1) is 0 Å². The zero-order valence-corrected chi connectivity index (χ0v) is 8.18. The number of carboxylic acid groups (broad SMARTS) is 1. The molecule has 0 aliphatic carbocycles. The van der Waals surface area contributed by atoms with Gasteiger partial charge in [-0.05, 0) is 30.7 Å². The van der Waals surface area contributed by atoms with Crippen molar-refractivity contribution in [1.82, 2.24) is 0 Å². The third kappa shape index (κ3) is 2.02. The molecule has 1 rings (SSSR count). The number of halogens is 2. The fourth-order valence-corrected chi connectivity index (χ4v) is 1.20. The van der Waals surface area contributed by atoms with Crippen LogP contribution in [0, 0.1) is 5.82 Å². The summed E-state index contributed by atoms with van der Waals surface area (Å²) in [7, 11) is 0. The molecule has 0 unspecified atom stereocenters. The number of hydrogen-bond acceptors (Lipinski definition) is 2. The van der Waals surface area contributed by atoms with E-state index in [1.165, 1.54) is 13.0 Å². The maximum atomic E-state index is 12.9. The molecule has 1 atom stereocenters. The summed E-state index contributed by atoms with van der Waals surface area (Å²) in [5.74, 6) is -1.84. The summed E-state index contributed by atoms with van der Waals surface area (Å²) >= 11 is 5.57. The standard InChI is InChI=1S/C9H9ClFNO2/c1-9(12,8(13)14)5-2-6(10)4-7(11)3-5/h2-4H,12H2,1H3,(H,13,14)/t9-/m1/s1. The molecule has 0 radical (unpaired) electrons. The van der Waals surface area contributed by atoms with Crippen LogP contribution < -0.4 is 5.73 Å². The minimum Gasteiger partial charge on any atom is -0.480 e. The molecule has 3 nitrogen and oxygen atoms in total. The lowest BCUT2D eigenvalue weighted by Crippen LogP contribution is -2.41. The van der Waals surface area contributed by atoms with Gasteiger partial charge in [0.2, 0.25) is 0 Å². The highest BCUT2D eigenvalue weighted by atomic mass is 35.5. The molecule has 14 heavy (non-hydrogen) atoms. The number of aliphatic carboxylic acids is 1. The van der Waals surface area contributed by atoms with Gasteiger partial charge in [-0.25, -0.2) is 9.18 Å². The van der Waals surface area contributed by atoms with E-state index < -0.39 is 17.3 Å². The average Bonchev–Trinajstić information content (AvgIpc) is 2.01. The Hall–Kier alpha value is -1.13. The number of carbonyl (C=O) groups is 1. The van der Waals surface area contributed by atoms with Gasteiger partial charge in [0, 0.05) is 5.02 Å². The highest BCUT2D eigenvalue weighted by Gasteiger charge is 2.30. The van der Waals surface area contributed by atoms with Crippen molar-refractivity contribution in [1.29, 1.82) is 0 Å². The Balaban J connectivity index is 3.25. The molecule has 0 heterocycles. The van der Waals surface area contributed by atoms with Crippen molar-refractivity contribution < 1.29 is 14.3 Å². The minimum absolute atomic E-state index is 0.123. The zero-order valence-electron chi connectivity index (χ0n) is 7.42. The first-order valence-corrected chi connectivity index (χ1v) is 4.20. The molecule has 1 aromatic rings. The fourth-order valence-electron chi connectivity index (χ4n) is 0.977. The molecule has 0 aromatic heterocycles. The van der Waals surface area contributed by atoms with Crippen molar-refractivity contribution in [3.05, 3.63) is 34.6 Å². The maximum Gasteiger partial charge on any atom is 0.328 e. The summed E-state index contributed by atoms with van der Waals surface area (Å²) in [5, 5.41) is 8.91. The number of carboxylic acids is 1. The smallest absolute Gasteiger partial charge is 0.328 e. The van der Waals surface area contributed by atoms with Crippen LogP contribution in [0.5, 0.6) is 0 Å². The summed E-state index contributed by atoms with van der Waals surface area (Å²) in [6.07, 6.45) is 0. The van der Waals surface area contributed by atoms with Crippen LogP contribution in [0.15, 0.2) is 18.2 Å². The van der Waals surface area contributed by atoms with E-state index in [9.17, 15) is 9.18 Å². The van der Waals surface area contributed by atoms with Gasteiger partial charge in [-0.2, -0.15) is 0 Å². The molecule has 0 aliphatic heterocycles. The predicted octanol–water partition coefficient (Wildman–Crippen LogP) is 1.74. The molecular weight excluding hydrogens is 209 g/mol. The van der Waals surface area contributed by atoms with Crippen molar-refractivity contribution in [2.24, 2.45) is 5.73 Å². The van der Waals surface area contributed by atoms with Crippen molar-refractivity contribution in [3.63, 3.8) is 0 Å². The molecule has 3 N–H and O–H groups in total. The Bertz CT molecular complexity index is 359.